The van der Waals surface area contributed by atoms with E-state index in [4.69, 9.17) is 14.1 Å². The summed E-state index contributed by atoms with van der Waals surface area (Å²) in [5.74, 6) is 1.91. The van der Waals surface area contributed by atoms with Crippen LogP contribution < -0.4 is 5.32 Å². The molecule has 0 amide bonds. The Hall–Kier alpha value is -1.53. The minimum Gasteiger partial charge on any atom is -0.469 e. The van der Waals surface area contributed by atoms with Crippen molar-refractivity contribution in [1.82, 2.24) is 10.2 Å². The Labute approximate surface area is 137 Å². The zero-order chi connectivity index (χ0) is 15.9. The molecule has 6 nitrogen and oxygen atoms in total. The molecule has 0 aliphatic carbocycles. The number of aliphatic imine (C=N–C) groups is 1. The van der Waals surface area contributed by atoms with Crippen molar-refractivity contribution in [3.8, 4) is 0 Å². The molecule has 3 heterocycles. The maximum atomic E-state index is 9.69. The summed E-state index contributed by atoms with van der Waals surface area (Å²) in [4.78, 5) is 7.01. The lowest BCUT2D eigenvalue weighted by Crippen LogP contribution is -2.47. The third kappa shape index (κ3) is 4.97. The second kappa shape index (κ2) is 8.36. The van der Waals surface area contributed by atoms with E-state index in [0.717, 1.165) is 70.1 Å². The monoisotopic (exact) mass is 321 g/mol. The highest BCUT2D eigenvalue weighted by Crippen LogP contribution is 2.13. The molecule has 2 aliphatic rings. The maximum Gasteiger partial charge on any atom is 0.194 e. The molecule has 128 valence electrons. The molecule has 0 bridgehead atoms. The molecule has 1 aromatic heterocycles. The Morgan fingerprint density at radius 3 is 2.91 bits per heavy atom. The molecule has 0 radical (unpaired) electrons. The van der Waals surface area contributed by atoms with Gasteiger partial charge in [-0.2, -0.15) is 0 Å². The third-order valence-electron chi connectivity index (χ3n) is 4.47. The van der Waals surface area contributed by atoms with Crippen LogP contribution in [0.1, 0.15) is 31.4 Å². The fourth-order valence-electron chi connectivity index (χ4n) is 3.07. The number of ether oxygens (including phenoxy) is 1. The van der Waals surface area contributed by atoms with Crippen molar-refractivity contribution in [3.05, 3.63) is 24.2 Å². The fraction of sp³-hybridized carbons (Fsp3) is 0.706. The number of guanidine groups is 1. The highest BCUT2D eigenvalue weighted by molar-refractivity contribution is 5.80. The Morgan fingerprint density at radius 2 is 2.22 bits per heavy atom. The van der Waals surface area contributed by atoms with Crippen LogP contribution in [0.2, 0.25) is 0 Å². The minimum absolute atomic E-state index is 0.172. The molecule has 1 atom stereocenters. The van der Waals surface area contributed by atoms with Crippen LogP contribution in [0.15, 0.2) is 27.8 Å². The van der Waals surface area contributed by atoms with E-state index in [1.807, 2.05) is 12.1 Å². The van der Waals surface area contributed by atoms with Crippen molar-refractivity contribution in [2.24, 2.45) is 4.99 Å². The Kier molecular flexibility index (Phi) is 5.93. The van der Waals surface area contributed by atoms with Crippen LogP contribution >= 0.6 is 0 Å². The number of hydrogen-bond acceptors (Lipinski definition) is 4. The number of likely N-dealkylation sites (tertiary alicyclic amines) is 1. The SMILES string of the molecule is OC1CCN(C(=NCC2CCCO2)NCCc2ccco2)CC1. The number of piperidine rings is 1. The van der Waals surface area contributed by atoms with Gasteiger partial charge in [0.05, 0.1) is 25.0 Å². The largest absolute Gasteiger partial charge is 0.469 e. The number of aliphatic hydroxyl groups excluding tert-OH is 1. The molecule has 2 saturated heterocycles. The molecule has 0 aromatic carbocycles. The number of hydrogen-bond donors (Lipinski definition) is 2. The summed E-state index contributed by atoms with van der Waals surface area (Å²) in [6.07, 6.45) is 6.47. The van der Waals surface area contributed by atoms with E-state index in [2.05, 4.69) is 10.2 Å². The second-order valence-corrected chi connectivity index (χ2v) is 6.27. The predicted molar refractivity (Wildman–Crippen MR) is 88.5 cm³/mol. The molecule has 6 heteroatoms. The average Bonchev–Trinajstić information content (AvgIpc) is 3.25. The van der Waals surface area contributed by atoms with Crippen LogP contribution in [-0.2, 0) is 11.2 Å². The summed E-state index contributed by atoms with van der Waals surface area (Å²) in [6, 6.07) is 3.90. The standard InChI is InChI=1S/C17H27N3O3/c21-14-6-9-20(10-7-14)17(19-13-16-4-2-12-23-16)18-8-5-15-3-1-11-22-15/h1,3,11,14,16,21H,2,4-10,12-13H2,(H,18,19). The van der Waals surface area contributed by atoms with Crippen LogP contribution in [-0.4, -0.2) is 61.0 Å². The van der Waals surface area contributed by atoms with E-state index >= 15 is 0 Å². The van der Waals surface area contributed by atoms with Crippen molar-refractivity contribution >= 4 is 5.96 Å². The molecule has 2 aliphatic heterocycles. The quantitative estimate of drug-likeness (QED) is 0.634. The van der Waals surface area contributed by atoms with E-state index < -0.39 is 0 Å². The lowest BCUT2D eigenvalue weighted by atomic mass is 10.1. The Bertz CT molecular complexity index is 475. The first kappa shape index (κ1) is 16.3. The van der Waals surface area contributed by atoms with Gasteiger partial charge in [0.15, 0.2) is 5.96 Å². The fourth-order valence-corrected chi connectivity index (χ4v) is 3.07. The van der Waals surface area contributed by atoms with Crippen LogP contribution in [0, 0.1) is 0 Å². The van der Waals surface area contributed by atoms with E-state index in [1.54, 1.807) is 6.26 Å². The van der Waals surface area contributed by atoms with Gasteiger partial charge in [0, 0.05) is 32.7 Å². The lowest BCUT2D eigenvalue weighted by molar-refractivity contribution is 0.106. The zero-order valence-corrected chi connectivity index (χ0v) is 13.6. The van der Waals surface area contributed by atoms with Gasteiger partial charge < -0.3 is 24.5 Å². The molecule has 0 spiro atoms. The number of aliphatic hydroxyl groups is 1. The lowest BCUT2D eigenvalue weighted by Gasteiger charge is -2.32. The number of nitrogens with zero attached hydrogens (tertiary/aromatic N) is 2. The maximum absolute atomic E-state index is 9.69. The van der Waals surface area contributed by atoms with Gasteiger partial charge in [0.25, 0.3) is 0 Å². The average molecular weight is 321 g/mol. The Morgan fingerprint density at radius 1 is 1.35 bits per heavy atom. The van der Waals surface area contributed by atoms with Crippen molar-refractivity contribution in [2.75, 3.05) is 32.8 Å². The molecule has 3 rings (SSSR count). The Balaban J connectivity index is 1.54. The van der Waals surface area contributed by atoms with E-state index in [-0.39, 0.29) is 12.2 Å². The van der Waals surface area contributed by atoms with E-state index in [0.29, 0.717) is 6.54 Å². The molecule has 0 saturated carbocycles. The smallest absolute Gasteiger partial charge is 0.194 e. The van der Waals surface area contributed by atoms with Crippen LogP contribution in [0.25, 0.3) is 0 Å². The molecule has 2 N–H and O–H groups in total. The van der Waals surface area contributed by atoms with Crippen molar-refractivity contribution in [1.29, 1.82) is 0 Å². The van der Waals surface area contributed by atoms with Crippen molar-refractivity contribution in [2.45, 2.75) is 44.3 Å². The highest BCUT2D eigenvalue weighted by atomic mass is 16.5. The molecule has 1 unspecified atom stereocenters. The van der Waals surface area contributed by atoms with Crippen LogP contribution in [0.3, 0.4) is 0 Å². The van der Waals surface area contributed by atoms with Gasteiger partial charge in [0.1, 0.15) is 5.76 Å². The van der Waals surface area contributed by atoms with Gasteiger partial charge in [-0.1, -0.05) is 0 Å². The van der Waals surface area contributed by atoms with Gasteiger partial charge in [-0.3, -0.25) is 4.99 Å². The molecule has 23 heavy (non-hydrogen) atoms. The van der Waals surface area contributed by atoms with Crippen molar-refractivity contribution in [3.63, 3.8) is 0 Å². The topological polar surface area (TPSA) is 70.2 Å². The summed E-state index contributed by atoms with van der Waals surface area (Å²) in [5.41, 5.74) is 0. The molecular weight excluding hydrogens is 294 g/mol. The first-order valence-corrected chi connectivity index (χ1v) is 8.66. The van der Waals surface area contributed by atoms with Gasteiger partial charge in [-0.05, 0) is 37.8 Å². The summed E-state index contributed by atoms with van der Waals surface area (Å²) < 4.78 is 11.0. The molecular formula is C17H27N3O3. The summed E-state index contributed by atoms with van der Waals surface area (Å²) in [7, 11) is 0. The number of rotatable bonds is 5. The first-order valence-electron chi connectivity index (χ1n) is 8.66. The first-order chi connectivity index (χ1) is 11.3. The van der Waals surface area contributed by atoms with Crippen molar-refractivity contribution < 1.29 is 14.3 Å². The van der Waals surface area contributed by atoms with Crippen LogP contribution in [0.4, 0.5) is 0 Å². The molecule has 1 aromatic rings. The highest BCUT2D eigenvalue weighted by Gasteiger charge is 2.21. The zero-order valence-electron chi connectivity index (χ0n) is 13.6. The number of nitrogens with one attached hydrogen (secondary N) is 1. The molecule has 2 fully saturated rings. The normalized spacial score (nSPS) is 23.4. The van der Waals surface area contributed by atoms with E-state index in [9.17, 15) is 5.11 Å². The number of furan rings is 1. The second-order valence-electron chi connectivity index (χ2n) is 6.27. The minimum atomic E-state index is -0.172. The predicted octanol–water partition coefficient (Wildman–Crippen LogP) is 1.40. The van der Waals surface area contributed by atoms with Crippen LogP contribution in [0.5, 0.6) is 0 Å². The summed E-state index contributed by atoms with van der Waals surface area (Å²) in [5, 5.41) is 13.1. The third-order valence-corrected chi connectivity index (χ3v) is 4.47. The summed E-state index contributed by atoms with van der Waals surface area (Å²) >= 11 is 0. The van der Waals surface area contributed by atoms with E-state index in [1.165, 1.54) is 0 Å². The summed E-state index contributed by atoms with van der Waals surface area (Å²) in [6.45, 7) is 4.05. The van der Waals surface area contributed by atoms with Gasteiger partial charge in [-0.25, -0.2) is 0 Å². The van der Waals surface area contributed by atoms with Gasteiger partial charge in [0.2, 0.25) is 0 Å². The van der Waals surface area contributed by atoms with Gasteiger partial charge >= 0.3 is 0 Å². The van der Waals surface area contributed by atoms with Gasteiger partial charge in [-0.15, -0.1) is 0 Å².